The first kappa shape index (κ1) is 59.9. The summed E-state index contributed by atoms with van der Waals surface area (Å²) in [5.74, 6) is -0.0522. The van der Waals surface area contributed by atoms with E-state index in [9.17, 15) is 19.8 Å². The van der Waals surface area contributed by atoms with E-state index in [1.807, 2.05) is 0 Å². The van der Waals surface area contributed by atoms with Crippen molar-refractivity contribution in [2.75, 3.05) is 13.2 Å². The first-order chi connectivity index (χ1) is 30.0. The molecule has 0 bridgehead atoms. The van der Waals surface area contributed by atoms with Gasteiger partial charge in [0.15, 0.2) is 0 Å². The van der Waals surface area contributed by atoms with Gasteiger partial charge < -0.3 is 20.3 Å². The molecule has 0 aliphatic rings. The van der Waals surface area contributed by atoms with Gasteiger partial charge in [-0.15, -0.1) is 0 Å². The topological polar surface area (TPSA) is 95.9 Å². The second kappa shape index (κ2) is 51.5. The predicted octanol–water partition coefficient (Wildman–Crippen LogP) is 16.7. The van der Waals surface area contributed by atoms with Crippen LogP contribution >= 0.6 is 0 Å². The summed E-state index contributed by atoms with van der Waals surface area (Å²) in [4.78, 5) is 24.5. The molecule has 0 radical (unpaired) electrons. The Balaban J connectivity index is 3.40. The van der Waals surface area contributed by atoms with Gasteiger partial charge in [-0.3, -0.25) is 9.59 Å². The number of unbranched alkanes of at least 4 members (excludes halogenated alkanes) is 41. The van der Waals surface area contributed by atoms with Gasteiger partial charge >= 0.3 is 5.97 Å². The summed E-state index contributed by atoms with van der Waals surface area (Å²) < 4.78 is 5.48. The molecule has 0 spiro atoms. The Morgan fingerprint density at radius 1 is 0.393 bits per heavy atom. The zero-order valence-corrected chi connectivity index (χ0v) is 41.4. The Bertz CT molecular complexity index is 867. The van der Waals surface area contributed by atoms with Crippen LogP contribution in [0.3, 0.4) is 0 Å². The Labute approximate surface area is 381 Å². The van der Waals surface area contributed by atoms with Crippen LogP contribution in [0.25, 0.3) is 0 Å². The molecule has 0 aliphatic heterocycles. The fourth-order valence-electron chi connectivity index (χ4n) is 8.88. The van der Waals surface area contributed by atoms with E-state index in [2.05, 4.69) is 19.2 Å². The van der Waals surface area contributed by atoms with Crippen molar-refractivity contribution in [3.8, 4) is 0 Å². The maximum atomic E-state index is 12.4. The third-order valence-electron chi connectivity index (χ3n) is 13.2. The lowest BCUT2D eigenvalue weighted by atomic mass is 10.0. The van der Waals surface area contributed by atoms with Crippen LogP contribution in [0.5, 0.6) is 0 Å². The van der Waals surface area contributed by atoms with Crippen molar-refractivity contribution in [1.29, 1.82) is 0 Å². The minimum Gasteiger partial charge on any atom is -0.466 e. The maximum Gasteiger partial charge on any atom is 0.305 e. The molecular formula is C55H109NO5. The zero-order chi connectivity index (χ0) is 44.4. The van der Waals surface area contributed by atoms with Crippen LogP contribution in [-0.2, 0) is 14.3 Å². The summed E-state index contributed by atoms with van der Waals surface area (Å²) in [7, 11) is 0. The number of aliphatic hydroxyl groups is 2. The van der Waals surface area contributed by atoms with Crippen molar-refractivity contribution < 1.29 is 24.5 Å². The van der Waals surface area contributed by atoms with Gasteiger partial charge in [0, 0.05) is 12.8 Å². The second-order valence-electron chi connectivity index (χ2n) is 19.3. The number of nitrogens with one attached hydrogen (secondary N) is 1. The second-order valence-corrected chi connectivity index (χ2v) is 19.3. The van der Waals surface area contributed by atoms with Gasteiger partial charge in [-0.1, -0.05) is 277 Å². The van der Waals surface area contributed by atoms with Crippen molar-refractivity contribution in [2.45, 2.75) is 328 Å². The lowest BCUT2D eigenvalue weighted by Crippen LogP contribution is -2.45. The molecule has 0 aromatic heterocycles. The Morgan fingerprint density at radius 3 is 1.00 bits per heavy atom. The minimum absolute atomic E-state index is 0.00371. The van der Waals surface area contributed by atoms with Crippen LogP contribution in [0.2, 0.25) is 0 Å². The van der Waals surface area contributed by atoms with Crippen molar-refractivity contribution >= 4 is 11.9 Å². The SMILES string of the molecule is CCCCCCCCCCCCCCCCCCCCCC(=O)OCCCCCCCCCCCCCCC(=O)NC(CO)C(O)CCCCCCCCCCCCCCC. The van der Waals surface area contributed by atoms with Crippen molar-refractivity contribution in [2.24, 2.45) is 0 Å². The van der Waals surface area contributed by atoms with Crippen molar-refractivity contribution in [3.05, 3.63) is 0 Å². The molecule has 0 saturated heterocycles. The molecule has 0 heterocycles. The number of amides is 1. The summed E-state index contributed by atoms with van der Waals surface area (Å²) in [6.45, 7) is 4.94. The maximum absolute atomic E-state index is 12.4. The predicted molar refractivity (Wildman–Crippen MR) is 264 cm³/mol. The number of rotatable bonds is 52. The van der Waals surface area contributed by atoms with E-state index in [-0.39, 0.29) is 18.5 Å². The van der Waals surface area contributed by atoms with E-state index >= 15 is 0 Å². The smallest absolute Gasteiger partial charge is 0.305 e. The highest BCUT2D eigenvalue weighted by Crippen LogP contribution is 2.18. The molecule has 61 heavy (non-hydrogen) atoms. The van der Waals surface area contributed by atoms with E-state index in [0.717, 1.165) is 57.8 Å². The van der Waals surface area contributed by atoms with Gasteiger partial charge in [-0.2, -0.15) is 0 Å². The van der Waals surface area contributed by atoms with E-state index in [0.29, 0.717) is 25.9 Å². The lowest BCUT2D eigenvalue weighted by Gasteiger charge is -2.22. The van der Waals surface area contributed by atoms with Crippen LogP contribution in [-0.4, -0.2) is 47.4 Å². The van der Waals surface area contributed by atoms with Gasteiger partial charge in [-0.25, -0.2) is 0 Å². The minimum atomic E-state index is -0.672. The van der Waals surface area contributed by atoms with Gasteiger partial charge in [0.1, 0.15) is 0 Å². The fraction of sp³-hybridized carbons (Fsp3) is 0.964. The van der Waals surface area contributed by atoms with E-state index < -0.39 is 12.1 Å². The van der Waals surface area contributed by atoms with Gasteiger partial charge in [0.2, 0.25) is 5.91 Å². The number of ether oxygens (including phenoxy) is 1. The van der Waals surface area contributed by atoms with Gasteiger partial charge in [-0.05, 0) is 25.7 Å². The van der Waals surface area contributed by atoms with Crippen LogP contribution in [0.15, 0.2) is 0 Å². The van der Waals surface area contributed by atoms with E-state index in [1.54, 1.807) is 0 Å². The number of carbonyl (C=O) groups is 2. The molecule has 6 nitrogen and oxygen atoms in total. The average Bonchev–Trinajstić information content (AvgIpc) is 3.26. The Hall–Kier alpha value is -1.14. The largest absolute Gasteiger partial charge is 0.466 e. The fourth-order valence-corrected chi connectivity index (χ4v) is 8.88. The quantitative estimate of drug-likeness (QED) is 0.0418. The molecule has 2 unspecified atom stereocenters. The monoisotopic (exact) mass is 864 g/mol. The molecule has 3 N–H and O–H groups in total. The Kier molecular flexibility index (Phi) is 50.5. The molecule has 1 amide bonds. The third kappa shape index (κ3) is 48.2. The van der Waals surface area contributed by atoms with Crippen LogP contribution in [0, 0.1) is 0 Å². The third-order valence-corrected chi connectivity index (χ3v) is 13.2. The van der Waals surface area contributed by atoms with Crippen LogP contribution < -0.4 is 5.32 Å². The molecule has 364 valence electrons. The first-order valence-electron chi connectivity index (χ1n) is 27.8. The molecule has 0 fully saturated rings. The van der Waals surface area contributed by atoms with E-state index in [4.69, 9.17) is 4.74 Å². The Morgan fingerprint density at radius 2 is 0.672 bits per heavy atom. The highest BCUT2D eigenvalue weighted by Gasteiger charge is 2.20. The first-order valence-corrected chi connectivity index (χ1v) is 27.8. The molecule has 0 aromatic rings. The molecule has 0 aliphatic carbocycles. The number of hydrogen-bond donors (Lipinski definition) is 3. The molecule has 0 aromatic carbocycles. The van der Waals surface area contributed by atoms with Crippen molar-refractivity contribution in [3.63, 3.8) is 0 Å². The zero-order valence-electron chi connectivity index (χ0n) is 41.4. The number of carbonyl (C=O) groups excluding carboxylic acids is 2. The molecule has 0 rings (SSSR count). The normalized spacial score (nSPS) is 12.5. The summed E-state index contributed by atoms with van der Waals surface area (Å²) in [6.07, 6.45) is 58.0. The van der Waals surface area contributed by atoms with Crippen molar-refractivity contribution in [1.82, 2.24) is 5.32 Å². The van der Waals surface area contributed by atoms with Gasteiger partial charge in [0.05, 0.1) is 25.4 Å². The lowest BCUT2D eigenvalue weighted by molar-refractivity contribution is -0.143. The highest BCUT2D eigenvalue weighted by molar-refractivity contribution is 5.76. The van der Waals surface area contributed by atoms with E-state index in [1.165, 1.54) is 225 Å². The molecular weight excluding hydrogens is 755 g/mol. The summed E-state index contributed by atoms with van der Waals surface area (Å²) in [6, 6.07) is -0.551. The number of hydrogen-bond acceptors (Lipinski definition) is 5. The number of aliphatic hydroxyl groups excluding tert-OH is 2. The standard InChI is InChI=1S/C55H109NO5/c1-3-5-7-9-11-13-15-17-18-19-20-21-22-24-29-33-37-41-45-49-55(60)61-50-46-42-38-34-30-26-25-28-32-36-40-44-48-54(59)56-52(51-57)53(58)47-43-39-35-31-27-23-16-14-12-10-8-6-4-2/h52-53,57-58H,3-51H2,1-2H3,(H,56,59). The number of esters is 1. The van der Waals surface area contributed by atoms with Gasteiger partial charge in [0.25, 0.3) is 0 Å². The highest BCUT2D eigenvalue weighted by atomic mass is 16.5. The summed E-state index contributed by atoms with van der Waals surface area (Å²) >= 11 is 0. The summed E-state index contributed by atoms with van der Waals surface area (Å²) in [5, 5.41) is 23.2. The molecule has 6 heteroatoms. The molecule has 2 atom stereocenters. The molecule has 0 saturated carbocycles. The summed E-state index contributed by atoms with van der Waals surface area (Å²) in [5.41, 5.74) is 0. The average molecular weight is 864 g/mol. The van der Waals surface area contributed by atoms with Crippen LogP contribution in [0.4, 0.5) is 0 Å². The van der Waals surface area contributed by atoms with Crippen LogP contribution in [0.1, 0.15) is 316 Å².